The fourth-order valence-electron chi connectivity index (χ4n) is 3.16. The first-order valence-electron chi connectivity index (χ1n) is 8.32. The maximum atomic E-state index is 5.53. The van der Waals surface area contributed by atoms with Crippen molar-refractivity contribution in [3.05, 3.63) is 47.3 Å². The highest BCUT2D eigenvalue weighted by Gasteiger charge is 2.14. The van der Waals surface area contributed by atoms with Gasteiger partial charge in [0.05, 0.1) is 12.8 Å². The van der Waals surface area contributed by atoms with Crippen LogP contribution >= 0.6 is 0 Å². The molecule has 5 nitrogen and oxygen atoms in total. The zero-order valence-corrected chi connectivity index (χ0v) is 14.1. The molecule has 2 aromatic rings. The molecule has 0 radical (unpaired) electrons. The van der Waals surface area contributed by atoms with Crippen molar-refractivity contribution in [2.75, 3.05) is 20.2 Å². The van der Waals surface area contributed by atoms with Gasteiger partial charge in [0.2, 0.25) is 0 Å². The van der Waals surface area contributed by atoms with Crippen LogP contribution < -0.4 is 10.1 Å². The van der Waals surface area contributed by atoms with Gasteiger partial charge in [-0.25, -0.2) is 0 Å². The molecule has 1 N–H and O–H groups in total. The monoisotopic (exact) mass is 314 g/mol. The fraction of sp³-hybridized carbons (Fsp3) is 0.500. The summed E-state index contributed by atoms with van der Waals surface area (Å²) in [4.78, 5) is 2.50. The number of aromatic nitrogens is 2. The summed E-state index contributed by atoms with van der Waals surface area (Å²) in [7, 11) is 3.72. The third-order valence-electron chi connectivity index (χ3n) is 4.50. The summed E-state index contributed by atoms with van der Waals surface area (Å²) in [5.41, 5.74) is 3.77. The number of benzene rings is 1. The highest BCUT2D eigenvalue weighted by atomic mass is 16.5. The van der Waals surface area contributed by atoms with Gasteiger partial charge in [-0.3, -0.25) is 9.58 Å². The van der Waals surface area contributed by atoms with E-state index in [1.807, 2.05) is 24.0 Å². The van der Waals surface area contributed by atoms with Gasteiger partial charge in [0.25, 0.3) is 0 Å². The molecule has 0 saturated carbocycles. The Hall–Kier alpha value is -1.85. The molecule has 124 valence electrons. The summed E-state index contributed by atoms with van der Waals surface area (Å²) < 4.78 is 7.43. The summed E-state index contributed by atoms with van der Waals surface area (Å²) >= 11 is 0. The molecule has 0 bridgehead atoms. The van der Waals surface area contributed by atoms with Gasteiger partial charge in [-0.2, -0.15) is 5.10 Å². The van der Waals surface area contributed by atoms with E-state index in [4.69, 9.17) is 4.74 Å². The third kappa shape index (κ3) is 4.12. The van der Waals surface area contributed by atoms with Gasteiger partial charge in [-0.15, -0.1) is 0 Å². The van der Waals surface area contributed by atoms with Crippen LogP contribution in [0.5, 0.6) is 5.75 Å². The van der Waals surface area contributed by atoms with Gasteiger partial charge < -0.3 is 10.1 Å². The first-order chi connectivity index (χ1) is 11.3. The Morgan fingerprint density at radius 1 is 1.17 bits per heavy atom. The van der Waals surface area contributed by atoms with E-state index in [0.717, 1.165) is 25.4 Å². The Balaban J connectivity index is 1.61. The highest BCUT2D eigenvalue weighted by molar-refractivity contribution is 5.37. The van der Waals surface area contributed by atoms with E-state index in [0.29, 0.717) is 0 Å². The largest absolute Gasteiger partial charge is 0.496 e. The lowest BCUT2D eigenvalue weighted by molar-refractivity contribution is 0.320. The first kappa shape index (κ1) is 16.0. The molecule has 0 unspecified atom stereocenters. The molecule has 1 aliphatic heterocycles. The van der Waals surface area contributed by atoms with Crippen molar-refractivity contribution in [1.82, 2.24) is 20.0 Å². The zero-order valence-electron chi connectivity index (χ0n) is 14.1. The van der Waals surface area contributed by atoms with Crippen LogP contribution in [0.25, 0.3) is 0 Å². The molecule has 2 heterocycles. The average molecular weight is 314 g/mol. The number of rotatable bonds is 7. The maximum absolute atomic E-state index is 5.53. The van der Waals surface area contributed by atoms with Gasteiger partial charge in [-0.1, -0.05) is 6.07 Å². The summed E-state index contributed by atoms with van der Waals surface area (Å²) in [6, 6.07) is 8.54. The predicted molar refractivity (Wildman–Crippen MR) is 91.3 cm³/mol. The second-order valence-electron chi connectivity index (χ2n) is 6.18. The smallest absolute Gasteiger partial charge is 0.123 e. The molecule has 1 saturated heterocycles. The van der Waals surface area contributed by atoms with Gasteiger partial charge in [0.15, 0.2) is 0 Å². The molecule has 1 aromatic carbocycles. The fourth-order valence-corrected chi connectivity index (χ4v) is 3.16. The van der Waals surface area contributed by atoms with Crippen molar-refractivity contribution in [3.8, 4) is 5.75 Å². The Labute approximate surface area is 138 Å². The number of nitrogens with zero attached hydrogens (tertiary/aromatic N) is 3. The number of likely N-dealkylation sites (tertiary alicyclic amines) is 1. The molecule has 0 amide bonds. The Bertz CT molecular complexity index is 632. The Morgan fingerprint density at radius 3 is 2.70 bits per heavy atom. The van der Waals surface area contributed by atoms with Gasteiger partial charge in [0, 0.05) is 38.4 Å². The van der Waals surface area contributed by atoms with Crippen LogP contribution in [0, 0.1) is 0 Å². The molecule has 0 aliphatic carbocycles. The van der Waals surface area contributed by atoms with Gasteiger partial charge in [-0.05, 0) is 49.7 Å². The number of nitrogens with one attached hydrogen (secondary N) is 1. The number of aryl methyl sites for hydroxylation is 1. The minimum absolute atomic E-state index is 0.823. The lowest BCUT2D eigenvalue weighted by Crippen LogP contribution is -2.19. The van der Waals surface area contributed by atoms with Gasteiger partial charge in [0.1, 0.15) is 5.75 Å². The molecule has 3 rings (SSSR count). The van der Waals surface area contributed by atoms with Crippen molar-refractivity contribution in [2.24, 2.45) is 7.05 Å². The second kappa shape index (κ2) is 7.62. The van der Waals surface area contributed by atoms with E-state index in [1.165, 1.54) is 42.8 Å². The molecule has 0 atom stereocenters. The van der Waals surface area contributed by atoms with Crippen molar-refractivity contribution in [2.45, 2.75) is 32.5 Å². The number of ether oxygens (including phenoxy) is 1. The normalized spacial score (nSPS) is 15.2. The zero-order chi connectivity index (χ0) is 16.1. The standard InChI is InChI=1S/C18H26N4O/c1-21-17(7-8-20-21)13-19-12-15-5-6-18(23-2)16(11-15)14-22-9-3-4-10-22/h5-8,11,19H,3-4,9-10,12-14H2,1-2H3. The van der Waals surface area contributed by atoms with Crippen LogP contribution in [-0.4, -0.2) is 34.9 Å². The minimum Gasteiger partial charge on any atom is -0.496 e. The van der Waals surface area contributed by atoms with E-state index in [9.17, 15) is 0 Å². The predicted octanol–water partition coefficient (Wildman–Crippen LogP) is 2.31. The lowest BCUT2D eigenvalue weighted by atomic mass is 10.1. The molecule has 1 aliphatic rings. The van der Waals surface area contributed by atoms with E-state index in [2.05, 4.69) is 33.5 Å². The van der Waals surface area contributed by atoms with E-state index in [1.54, 1.807) is 7.11 Å². The quantitative estimate of drug-likeness (QED) is 0.852. The van der Waals surface area contributed by atoms with Gasteiger partial charge >= 0.3 is 0 Å². The van der Waals surface area contributed by atoms with Crippen LogP contribution in [-0.2, 0) is 26.7 Å². The van der Waals surface area contributed by atoms with E-state index < -0.39 is 0 Å². The number of hydrogen-bond acceptors (Lipinski definition) is 4. The van der Waals surface area contributed by atoms with Crippen molar-refractivity contribution in [3.63, 3.8) is 0 Å². The average Bonchev–Trinajstić information content (AvgIpc) is 3.20. The second-order valence-corrected chi connectivity index (χ2v) is 6.18. The van der Waals surface area contributed by atoms with Crippen molar-refractivity contribution < 1.29 is 4.74 Å². The maximum Gasteiger partial charge on any atom is 0.123 e. The first-order valence-corrected chi connectivity index (χ1v) is 8.32. The molecular weight excluding hydrogens is 288 g/mol. The highest BCUT2D eigenvalue weighted by Crippen LogP contribution is 2.23. The number of hydrogen-bond donors (Lipinski definition) is 1. The lowest BCUT2D eigenvalue weighted by Gasteiger charge is -2.18. The topological polar surface area (TPSA) is 42.3 Å². The molecular formula is C18H26N4O. The molecule has 23 heavy (non-hydrogen) atoms. The van der Waals surface area contributed by atoms with Crippen LogP contribution in [0.3, 0.4) is 0 Å². The molecule has 1 fully saturated rings. The minimum atomic E-state index is 0.823. The summed E-state index contributed by atoms with van der Waals surface area (Å²) in [6.07, 6.45) is 4.46. The van der Waals surface area contributed by atoms with Crippen LogP contribution in [0.1, 0.15) is 29.7 Å². The molecule has 5 heteroatoms. The number of methoxy groups -OCH3 is 1. The summed E-state index contributed by atoms with van der Waals surface area (Å²) in [6.45, 7) is 5.06. The van der Waals surface area contributed by atoms with E-state index in [-0.39, 0.29) is 0 Å². The molecule has 1 aromatic heterocycles. The third-order valence-corrected chi connectivity index (χ3v) is 4.50. The molecule has 0 spiro atoms. The van der Waals surface area contributed by atoms with E-state index >= 15 is 0 Å². The SMILES string of the molecule is COc1ccc(CNCc2ccnn2C)cc1CN1CCCC1. The van der Waals surface area contributed by atoms with Crippen LogP contribution in [0.15, 0.2) is 30.5 Å². The van der Waals surface area contributed by atoms with Crippen molar-refractivity contribution >= 4 is 0 Å². The Morgan fingerprint density at radius 2 is 2.00 bits per heavy atom. The summed E-state index contributed by atoms with van der Waals surface area (Å²) in [5.74, 6) is 0.993. The van der Waals surface area contributed by atoms with Crippen LogP contribution in [0.2, 0.25) is 0 Å². The van der Waals surface area contributed by atoms with Crippen LogP contribution in [0.4, 0.5) is 0 Å². The Kier molecular flexibility index (Phi) is 5.31. The summed E-state index contributed by atoms with van der Waals surface area (Å²) in [5, 5.41) is 7.68. The van der Waals surface area contributed by atoms with Crippen molar-refractivity contribution in [1.29, 1.82) is 0 Å².